The van der Waals surface area contributed by atoms with E-state index in [1.165, 1.54) is 13.0 Å². The van der Waals surface area contributed by atoms with Crippen LogP contribution in [0, 0.1) is 5.82 Å². The third kappa shape index (κ3) is 3.88. The maximum absolute atomic E-state index is 13.7. The summed E-state index contributed by atoms with van der Waals surface area (Å²) in [6.07, 6.45) is 1.99. The number of oxime groups is 1. The lowest BCUT2D eigenvalue weighted by Crippen LogP contribution is -2.53. The van der Waals surface area contributed by atoms with E-state index in [1.807, 2.05) is 0 Å². The molecule has 1 aliphatic heterocycles. The van der Waals surface area contributed by atoms with Crippen LogP contribution in [-0.4, -0.2) is 47.7 Å². The van der Waals surface area contributed by atoms with Gasteiger partial charge in [0.1, 0.15) is 17.7 Å². The maximum atomic E-state index is 13.7. The summed E-state index contributed by atoms with van der Waals surface area (Å²) < 4.78 is 64.7. The third-order valence-corrected chi connectivity index (χ3v) is 10.2. The van der Waals surface area contributed by atoms with Gasteiger partial charge in [-0.25, -0.2) is 17.1 Å². The minimum Gasteiger partial charge on any atom is -0.358 e. The first-order chi connectivity index (χ1) is 14.1. The molecule has 1 unspecified atom stereocenters. The van der Waals surface area contributed by atoms with E-state index in [4.69, 9.17) is 13.9 Å². The molecule has 0 aromatic carbocycles. The van der Waals surface area contributed by atoms with Gasteiger partial charge < -0.3 is 13.9 Å². The lowest BCUT2D eigenvalue weighted by atomic mass is 10.1. The molecule has 0 spiro atoms. The molecule has 1 aliphatic carbocycles. The van der Waals surface area contributed by atoms with Crippen LogP contribution < -0.4 is 0 Å². The molecular weight excluding hydrogens is 436 g/mol. The number of amidine groups is 1. The second kappa shape index (κ2) is 8.18. The molecule has 9 nitrogen and oxygen atoms in total. The minimum atomic E-state index is -3.98. The van der Waals surface area contributed by atoms with E-state index in [9.17, 15) is 17.4 Å². The Bertz CT molecular complexity index is 957. The summed E-state index contributed by atoms with van der Waals surface area (Å²) in [6.45, 7) is 6.85. The molecule has 2 heterocycles. The van der Waals surface area contributed by atoms with Crippen molar-refractivity contribution in [2.75, 3.05) is 19.4 Å². The van der Waals surface area contributed by atoms with Gasteiger partial charge in [0.15, 0.2) is 5.84 Å². The van der Waals surface area contributed by atoms with Crippen molar-refractivity contribution in [3.05, 3.63) is 29.8 Å². The number of halogens is 1. The van der Waals surface area contributed by atoms with Gasteiger partial charge in [0.2, 0.25) is 10.0 Å². The Morgan fingerprint density at radius 1 is 1.23 bits per heavy atom. The predicted molar refractivity (Wildman–Crippen MR) is 109 cm³/mol. The quantitative estimate of drug-likeness (QED) is 0.488. The topological polar surface area (TPSA) is 107 Å². The van der Waals surface area contributed by atoms with Crippen molar-refractivity contribution in [1.82, 2.24) is 9.29 Å². The Kier molecular flexibility index (Phi) is 6.30. The van der Waals surface area contributed by atoms with Gasteiger partial charge in [0.05, 0.1) is 24.2 Å². The Balaban J connectivity index is 2.07. The van der Waals surface area contributed by atoms with Crippen LogP contribution in [0.15, 0.2) is 23.5 Å². The van der Waals surface area contributed by atoms with Gasteiger partial charge in [-0.15, -0.1) is 0 Å². The molecule has 1 atom stereocenters. The smallest absolute Gasteiger partial charge is 0.338 e. The first-order valence-electron chi connectivity index (χ1n) is 9.87. The highest BCUT2D eigenvalue weighted by molar-refractivity contribution is 7.91. The zero-order chi connectivity index (χ0) is 22.2. The molecule has 0 bridgehead atoms. The van der Waals surface area contributed by atoms with Crippen LogP contribution in [0.4, 0.5) is 4.39 Å². The van der Waals surface area contributed by atoms with Crippen molar-refractivity contribution in [1.29, 1.82) is 0 Å². The average Bonchev–Trinajstić information content (AvgIpc) is 3.42. The fraction of sp³-hybridized carbons (Fsp3) is 0.667. The molecule has 2 aliphatic rings. The van der Waals surface area contributed by atoms with Gasteiger partial charge in [0.25, 0.3) is 5.72 Å². The van der Waals surface area contributed by atoms with E-state index in [1.54, 1.807) is 20.8 Å². The first kappa shape index (κ1) is 23.1. The molecule has 3 rings (SSSR count). The van der Waals surface area contributed by atoms with E-state index in [2.05, 4.69) is 10.1 Å². The fourth-order valence-corrected chi connectivity index (χ4v) is 7.56. The molecule has 1 aromatic heterocycles. The Morgan fingerprint density at radius 2 is 1.87 bits per heavy atom. The summed E-state index contributed by atoms with van der Waals surface area (Å²) in [4.78, 5) is 9.58. The Morgan fingerprint density at radius 3 is 2.33 bits per heavy atom. The largest absolute Gasteiger partial charge is 0.358 e. The number of pyridine rings is 1. The monoisotopic (exact) mass is 463 g/mol. The van der Waals surface area contributed by atoms with Crippen LogP contribution in [0.5, 0.6) is 0 Å². The molecule has 1 aromatic rings. The van der Waals surface area contributed by atoms with Crippen LogP contribution in [-0.2, 0) is 34.2 Å². The number of hydrogen-bond donors (Lipinski definition) is 0. The van der Waals surface area contributed by atoms with Crippen molar-refractivity contribution in [3.63, 3.8) is 0 Å². The molecule has 168 valence electrons. The average molecular weight is 463 g/mol. The van der Waals surface area contributed by atoms with Crippen LogP contribution in [0.2, 0.25) is 0 Å². The highest BCUT2D eigenvalue weighted by Gasteiger charge is 2.63. The minimum absolute atomic E-state index is 0.0893. The van der Waals surface area contributed by atoms with E-state index in [0.29, 0.717) is 19.3 Å². The second-order valence-corrected chi connectivity index (χ2v) is 11.6. The fourth-order valence-electron chi connectivity index (χ4n) is 3.55. The molecular formula is C18H27FN3O6PS. The highest BCUT2D eigenvalue weighted by Crippen LogP contribution is 2.54. The van der Waals surface area contributed by atoms with E-state index >= 15 is 0 Å². The molecule has 0 amide bonds. The second-order valence-electron chi connectivity index (χ2n) is 7.35. The number of aromatic nitrogens is 1. The molecule has 0 radical (unpaired) electrons. The third-order valence-electron chi connectivity index (χ3n) is 5.38. The number of nitrogens with zero attached hydrogens (tertiary/aromatic N) is 3. The van der Waals surface area contributed by atoms with Crippen molar-refractivity contribution in [2.45, 2.75) is 57.4 Å². The lowest BCUT2D eigenvalue weighted by molar-refractivity contribution is -0.0644. The SMILES string of the molecule is CCOP(=O)(CC1=NOC(C)(c2ccc(F)cn2)N1S(=O)(=O)C1(CC)CC1)OCC. The van der Waals surface area contributed by atoms with Crippen LogP contribution in [0.3, 0.4) is 0 Å². The van der Waals surface area contributed by atoms with Crippen molar-refractivity contribution >= 4 is 23.5 Å². The van der Waals surface area contributed by atoms with Gasteiger partial charge in [-0.3, -0.25) is 9.55 Å². The zero-order valence-corrected chi connectivity index (χ0v) is 19.2. The van der Waals surface area contributed by atoms with Gasteiger partial charge in [-0.05, 0) is 45.2 Å². The van der Waals surface area contributed by atoms with Gasteiger partial charge in [0, 0.05) is 6.92 Å². The Labute approximate surface area is 176 Å². The van der Waals surface area contributed by atoms with Gasteiger partial charge in [-0.2, -0.15) is 0 Å². The van der Waals surface area contributed by atoms with E-state index < -0.39 is 33.9 Å². The summed E-state index contributed by atoms with van der Waals surface area (Å²) in [5.41, 5.74) is -1.50. The van der Waals surface area contributed by atoms with E-state index in [-0.39, 0.29) is 30.9 Å². The first-order valence-corrected chi connectivity index (χ1v) is 13.0. The number of hydrogen-bond acceptors (Lipinski definition) is 8. The molecule has 1 fully saturated rings. The summed E-state index contributed by atoms with van der Waals surface area (Å²) in [6, 6.07) is 2.50. The molecule has 30 heavy (non-hydrogen) atoms. The standard InChI is InChI=1S/C18H27FN3O6PS/c1-5-18(10-11-18)30(24,25)22-16(13-29(23,26-6-2)27-7-3)21-28-17(22,4)15-9-8-14(19)12-20-15/h8-9,12H,5-7,10-11,13H2,1-4H3. The normalized spacial score (nSPS) is 23.2. The summed E-state index contributed by atoms with van der Waals surface area (Å²) in [5.74, 6) is -0.658. The number of rotatable bonds is 10. The number of sulfonamides is 1. The van der Waals surface area contributed by atoms with Crippen molar-refractivity contribution in [2.24, 2.45) is 5.16 Å². The lowest BCUT2D eigenvalue weighted by Gasteiger charge is -2.35. The van der Waals surface area contributed by atoms with Crippen molar-refractivity contribution in [3.8, 4) is 0 Å². The summed E-state index contributed by atoms with van der Waals surface area (Å²) in [5, 5.41) is 3.96. The Hall–Kier alpha value is -1.55. The van der Waals surface area contributed by atoms with Crippen LogP contribution in [0.25, 0.3) is 0 Å². The summed E-state index contributed by atoms with van der Waals surface area (Å²) in [7, 11) is -7.65. The molecule has 1 saturated carbocycles. The van der Waals surface area contributed by atoms with E-state index in [0.717, 1.165) is 16.6 Å². The molecule has 12 heteroatoms. The zero-order valence-electron chi connectivity index (χ0n) is 17.5. The van der Waals surface area contributed by atoms with Crippen LogP contribution >= 0.6 is 7.60 Å². The predicted octanol–water partition coefficient (Wildman–Crippen LogP) is 3.58. The molecule has 0 saturated heterocycles. The van der Waals surface area contributed by atoms with Gasteiger partial charge >= 0.3 is 7.60 Å². The van der Waals surface area contributed by atoms with Gasteiger partial charge in [-0.1, -0.05) is 12.1 Å². The van der Waals surface area contributed by atoms with Crippen LogP contribution in [0.1, 0.15) is 52.7 Å². The molecule has 0 N–H and O–H groups in total. The summed E-state index contributed by atoms with van der Waals surface area (Å²) >= 11 is 0. The van der Waals surface area contributed by atoms with Crippen molar-refractivity contribution < 1.29 is 31.3 Å². The maximum Gasteiger partial charge on any atom is 0.338 e. The highest BCUT2D eigenvalue weighted by atomic mass is 32.2.